The van der Waals surface area contributed by atoms with E-state index in [2.05, 4.69) is 0 Å². The van der Waals surface area contributed by atoms with E-state index in [-0.39, 0.29) is 35.2 Å². The Morgan fingerprint density at radius 1 is 1.14 bits per heavy atom. The van der Waals surface area contributed by atoms with Gasteiger partial charge in [-0.05, 0) is 44.4 Å². The monoisotopic (exact) mass is 386 g/mol. The molecule has 1 aromatic rings. The fourth-order valence-electron chi connectivity index (χ4n) is 3.74. The van der Waals surface area contributed by atoms with Crippen LogP contribution in [0.1, 0.15) is 70.6 Å². The second-order valence-corrected chi connectivity index (χ2v) is 7.22. The number of unbranched alkanes of at least 4 members (excludes halogenated alkanes) is 1. The van der Waals surface area contributed by atoms with Crippen LogP contribution < -0.4 is 0 Å². The van der Waals surface area contributed by atoms with Crippen molar-refractivity contribution in [2.45, 2.75) is 39.5 Å². The number of hydrogen-bond donors (Lipinski definition) is 0. The summed E-state index contributed by atoms with van der Waals surface area (Å²) in [6.45, 7) is 5.33. The standard InChI is InChI=1S/C21H26N2O5/c1-3-5-11-23-19(25)16-9-8-14(12-17(16)20(23)26)18(24)22-10-6-7-15(13-22)21(27)28-4-2/h8-9,12,15H,3-7,10-11,13H2,1-2H3. The Hall–Kier alpha value is -2.70. The summed E-state index contributed by atoms with van der Waals surface area (Å²) in [6, 6.07) is 4.66. The molecule has 3 rings (SSSR count). The average molecular weight is 386 g/mol. The van der Waals surface area contributed by atoms with Crippen LogP contribution in [0.15, 0.2) is 18.2 Å². The van der Waals surface area contributed by atoms with Gasteiger partial charge in [-0.15, -0.1) is 0 Å². The SMILES string of the molecule is CCCCN1C(=O)c2ccc(C(=O)N3CCCC(C(=O)OCC)C3)cc2C1=O. The van der Waals surface area contributed by atoms with Crippen molar-refractivity contribution in [2.24, 2.45) is 5.92 Å². The molecule has 150 valence electrons. The molecule has 1 fully saturated rings. The van der Waals surface area contributed by atoms with Crippen LogP contribution in [0.25, 0.3) is 0 Å². The minimum Gasteiger partial charge on any atom is -0.466 e. The van der Waals surface area contributed by atoms with Crippen molar-refractivity contribution >= 4 is 23.7 Å². The van der Waals surface area contributed by atoms with E-state index in [1.165, 1.54) is 11.0 Å². The number of carbonyl (C=O) groups excluding carboxylic acids is 4. The van der Waals surface area contributed by atoms with Gasteiger partial charge in [0.15, 0.2) is 0 Å². The predicted octanol–water partition coefficient (Wildman–Crippen LogP) is 2.50. The largest absolute Gasteiger partial charge is 0.466 e. The molecule has 3 amide bonds. The molecule has 0 saturated carbocycles. The van der Waals surface area contributed by atoms with Crippen LogP contribution >= 0.6 is 0 Å². The number of hydrogen-bond acceptors (Lipinski definition) is 5. The van der Waals surface area contributed by atoms with Crippen molar-refractivity contribution in [1.82, 2.24) is 9.80 Å². The summed E-state index contributed by atoms with van der Waals surface area (Å²) < 4.78 is 5.08. The minimum atomic E-state index is -0.342. The van der Waals surface area contributed by atoms with Crippen LogP contribution in [0.2, 0.25) is 0 Å². The highest BCUT2D eigenvalue weighted by molar-refractivity contribution is 6.22. The van der Waals surface area contributed by atoms with E-state index in [0.29, 0.717) is 43.8 Å². The predicted molar refractivity (Wildman–Crippen MR) is 102 cm³/mol. The average Bonchev–Trinajstić information content (AvgIpc) is 2.95. The number of likely N-dealkylation sites (tertiary alicyclic amines) is 1. The number of ether oxygens (including phenoxy) is 1. The molecule has 1 saturated heterocycles. The Balaban J connectivity index is 1.76. The first-order valence-corrected chi connectivity index (χ1v) is 9.94. The minimum absolute atomic E-state index is 0.232. The molecular formula is C21H26N2O5. The Morgan fingerprint density at radius 2 is 1.89 bits per heavy atom. The first kappa shape index (κ1) is 20.0. The van der Waals surface area contributed by atoms with Crippen molar-refractivity contribution in [3.8, 4) is 0 Å². The lowest BCUT2D eigenvalue weighted by Gasteiger charge is -2.31. The van der Waals surface area contributed by atoms with Gasteiger partial charge in [0.2, 0.25) is 0 Å². The summed E-state index contributed by atoms with van der Waals surface area (Å²) in [5, 5.41) is 0. The van der Waals surface area contributed by atoms with E-state index in [4.69, 9.17) is 4.74 Å². The van der Waals surface area contributed by atoms with Crippen LogP contribution in [-0.4, -0.2) is 59.7 Å². The second kappa shape index (κ2) is 8.54. The highest BCUT2D eigenvalue weighted by atomic mass is 16.5. The van der Waals surface area contributed by atoms with E-state index in [9.17, 15) is 19.2 Å². The second-order valence-electron chi connectivity index (χ2n) is 7.22. The molecule has 0 bridgehead atoms. The Kier molecular flexibility index (Phi) is 6.11. The Bertz CT molecular complexity index is 804. The first-order chi connectivity index (χ1) is 13.5. The molecule has 1 aromatic carbocycles. The van der Waals surface area contributed by atoms with E-state index >= 15 is 0 Å². The van der Waals surface area contributed by atoms with Gasteiger partial charge in [0.25, 0.3) is 17.7 Å². The number of piperidine rings is 1. The van der Waals surface area contributed by atoms with Crippen LogP contribution in [0.5, 0.6) is 0 Å². The summed E-state index contributed by atoms with van der Waals surface area (Å²) >= 11 is 0. The highest BCUT2D eigenvalue weighted by Crippen LogP contribution is 2.26. The molecule has 28 heavy (non-hydrogen) atoms. The zero-order valence-electron chi connectivity index (χ0n) is 16.4. The zero-order valence-corrected chi connectivity index (χ0v) is 16.4. The zero-order chi connectivity index (χ0) is 20.3. The molecule has 7 nitrogen and oxygen atoms in total. The van der Waals surface area contributed by atoms with Crippen molar-refractivity contribution < 1.29 is 23.9 Å². The van der Waals surface area contributed by atoms with Gasteiger partial charge in [0.05, 0.1) is 23.7 Å². The van der Waals surface area contributed by atoms with Gasteiger partial charge in [-0.2, -0.15) is 0 Å². The maximum absolute atomic E-state index is 12.9. The van der Waals surface area contributed by atoms with Crippen LogP contribution in [0, 0.1) is 5.92 Å². The van der Waals surface area contributed by atoms with Gasteiger partial charge in [0.1, 0.15) is 0 Å². The third-order valence-corrected chi connectivity index (χ3v) is 5.28. The third-order valence-electron chi connectivity index (χ3n) is 5.28. The molecular weight excluding hydrogens is 360 g/mol. The van der Waals surface area contributed by atoms with Crippen molar-refractivity contribution in [3.05, 3.63) is 34.9 Å². The molecule has 0 aromatic heterocycles. The van der Waals surface area contributed by atoms with Gasteiger partial charge < -0.3 is 9.64 Å². The smallest absolute Gasteiger partial charge is 0.310 e. The fraction of sp³-hybridized carbons (Fsp3) is 0.524. The molecule has 0 radical (unpaired) electrons. The number of nitrogens with zero attached hydrogens (tertiary/aromatic N) is 2. The molecule has 0 aliphatic carbocycles. The Morgan fingerprint density at radius 3 is 2.61 bits per heavy atom. The van der Waals surface area contributed by atoms with Crippen molar-refractivity contribution in [3.63, 3.8) is 0 Å². The topological polar surface area (TPSA) is 84.0 Å². The number of imide groups is 1. The normalized spacial score (nSPS) is 19.0. The number of amides is 3. The number of fused-ring (bicyclic) bond motifs is 1. The lowest BCUT2D eigenvalue weighted by Crippen LogP contribution is -2.42. The van der Waals surface area contributed by atoms with Crippen LogP contribution in [0.4, 0.5) is 0 Å². The third kappa shape index (κ3) is 3.79. The maximum Gasteiger partial charge on any atom is 0.310 e. The van der Waals surface area contributed by atoms with E-state index in [0.717, 1.165) is 19.3 Å². The van der Waals surface area contributed by atoms with Gasteiger partial charge in [-0.1, -0.05) is 13.3 Å². The summed E-state index contributed by atoms with van der Waals surface area (Å²) in [6.07, 6.45) is 3.06. The van der Waals surface area contributed by atoms with E-state index < -0.39 is 0 Å². The van der Waals surface area contributed by atoms with E-state index in [1.807, 2.05) is 6.92 Å². The van der Waals surface area contributed by atoms with Crippen molar-refractivity contribution in [2.75, 3.05) is 26.2 Å². The summed E-state index contributed by atoms with van der Waals surface area (Å²) in [5.41, 5.74) is 0.994. The highest BCUT2D eigenvalue weighted by Gasteiger charge is 2.36. The first-order valence-electron chi connectivity index (χ1n) is 9.94. The number of benzene rings is 1. The summed E-state index contributed by atoms with van der Waals surface area (Å²) in [7, 11) is 0. The number of esters is 1. The summed E-state index contributed by atoms with van der Waals surface area (Å²) in [5.74, 6) is -1.47. The molecule has 2 aliphatic rings. The fourth-order valence-corrected chi connectivity index (χ4v) is 3.74. The van der Waals surface area contributed by atoms with E-state index in [1.54, 1.807) is 24.0 Å². The van der Waals surface area contributed by atoms with Crippen LogP contribution in [0.3, 0.4) is 0 Å². The van der Waals surface area contributed by atoms with Crippen molar-refractivity contribution in [1.29, 1.82) is 0 Å². The molecule has 1 atom stereocenters. The Labute approximate surface area is 164 Å². The maximum atomic E-state index is 12.9. The van der Waals surface area contributed by atoms with Gasteiger partial charge in [-0.25, -0.2) is 0 Å². The molecule has 0 N–H and O–H groups in total. The quantitative estimate of drug-likeness (QED) is 0.554. The van der Waals surface area contributed by atoms with Crippen LogP contribution in [-0.2, 0) is 9.53 Å². The molecule has 0 spiro atoms. The van der Waals surface area contributed by atoms with Gasteiger partial charge in [-0.3, -0.25) is 24.1 Å². The summed E-state index contributed by atoms with van der Waals surface area (Å²) in [4.78, 5) is 52.8. The molecule has 1 unspecified atom stereocenters. The molecule has 2 heterocycles. The van der Waals surface area contributed by atoms with Gasteiger partial charge >= 0.3 is 5.97 Å². The lowest BCUT2D eigenvalue weighted by molar-refractivity contribution is -0.149. The number of rotatable bonds is 6. The number of carbonyl (C=O) groups is 4. The van der Waals surface area contributed by atoms with Gasteiger partial charge in [0, 0.05) is 25.2 Å². The lowest BCUT2D eigenvalue weighted by atomic mass is 9.97. The molecule has 7 heteroatoms. The molecule has 2 aliphatic heterocycles.